The standard InChI is InChI=1S/C9H12F3N3OS/c1-5-2-3-15(6(5)4-16)8-14-13-7(17-8)9(10,11)12/h5-6,16H,2-4H2,1H3. The second-order valence-corrected chi connectivity index (χ2v) is 5.05. The van der Waals surface area contributed by atoms with Crippen LogP contribution in [0.4, 0.5) is 18.3 Å². The third kappa shape index (κ3) is 2.37. The summed E-state index contributed by atoms with van der Waals surface area (Å²) >= 11 is 0.526. The molecule has 2 heterocycles. The van der Waals surface area contributed by atoms with Crippen LogP contribution in [0.25, 0.3) is 0 Å². The zero-order valence-corrected chi connectivity index (χ0v) is 9.92. The van der Waals surface area contributed by atoms with E-state index in [2.05, 4.69) is 10.2 Å². The first-order valence-corrected chi connectivity index (χ1v) is 6.03. The monoisotopic (exact) mass is 267 g/mol. The van der Waals surface area contributed by atoms with Gasteiger partial charge in [-0.05, 0) is 12.3 Å². The molecule has 1 aromatic heterocycles. The predicted octanol–water partition coefficient (Wildman–Crippen LogP) is 1.76. The fourth-order valence-electron chi connectivity index (χ4n) is 1.97. The van der Waals surface area contributed by atoms with E-state index < -0.39 is 11.2 Å². The molecule has 0 spiro atoms. The van der Waals surface area contributed by atoms with Gasteiger partial charge in [0.1, 0.15) is 0 Å². The Bertz CT molecular complexity index is 395. The van der Waals surface area contributed by atoms with Gasteiger partial charge < -0.3 is 10.0 Å². The summed E-state index contributed by atoms with van der Waals surface area (Å²) in [6, 6.07) is -0.163. The Hall–Kier alpha value is -0.890. The summed E-state index contributed by atoms with van der Waals surface area (Å²) in [4.78, 5) is 1.71. The van der Waals surface area contributed by atoms with Crippen molar-refractivity contribution < 1.29 is 18.3 Å². The number of hydrogen-bond acceptors (Lipinski definition) is 5. The topological polar surface area (TPSA) is 49.2 Å². The number of anilines is 1. The molecule has 96 valence electrons. The van der Waals surface area contributed by atoms with Crippen LogP contribution >= 0.6 is 11.3 Å². The van der Waals surface area contributed by atoms with E-state index in [1.807, 2.05) is 6.92 Å². The van der Waals surface area contributed by atoms with E-state index in [4.69, 9.17) is 0 Å². The fraction of sp³-hybridized carbons (Fsp3) is 0.778. The molecule has 0 bridgehead atoms. The van der Waals surface area contributed by atoms with Gasteiger partial charge in [0, 0.05) is 6.54 Å². The van der Waals surface area contributed by atoms with Gasteiger partial charge in [-0.15, -0.1) is 10.2 Å². The lowest BCUT2D eigenvalue weighted by Gasteiger charge is -2.23. The zero-order chi connectivity index (χ0) is 12.6. The van der Waals surface area contributed by atoms with Crippen molar-refractivity contribution in [1.29, 1.82) is 0 Å². The number of rotatable bonds is 2. The molecular formula is C9H12F3N3OS. The van der Waals surface area contributed by atoms with Gasteiger partial charge in [0.05, 0.1) is 12.6 Å². The first-order chi connectivity index (χ1) is 7.93. The highest BCUT2D eigenvalue weighted by molar-refractivity contribution is 7.15. The molecule has 0 amide bonds. The van der Waals surface area contributed by atoms with Crippen LogP contribution in [0.5, 0.6) is 0 Å². The van der Waals surface area contributed by atoms with Gasteiger partial charge in [0.15, 0.2) is 0 Å². The van der Waals surface area contributed by atoms with Gasteiger partial charge in [-0.3, -0.25) is 0 Å². The maximum Gasteiger partial charge on any atom is 0.445 e. The fourth-order valence-corrected chi connectivity index (χ4v) is 2.77. The van der Waals surface area contributed by atoms with Crippen LogP contribution < -0.4 is 4.90 Å². The van der Waals surface area contributed by atoms with Crippen molar-refractivity contribution in [2.45, 2.75) is 25.6 Å². The lowest BCUT2D eigenvalue weighted by Crippen LogP contribution is -2.35. The first-order valence-electron chi connectivity index (χ1n) is 5.21. The predicted molar refractivity (Wildman–Crippen MR) is 56.9 cm³/mol. The first kappa shape index (κ1) is 12.6. The highest BCUT2D eigenvalue weighted by atomic mass is 32.1. The Morgan fingerprint density at radius 3 is 2.71 bits per heavy atom. The minimum atomic E-state index is -4.45. The van der Waals surface area contributed by atoms with E-state index in [9.17, 15) is 18.3 Å². The average Bonchev–Trinajstić information content (AvgIpc) is 2.82. The maximum atomic E-state index is 12.4. The Morgan fingerprint density at radius 1 is 1.47 bits per heavy atom. The Labute approximate surface area is 100 Å². The lowest BCUT2D eigenvalue weighted by molar-refractivity contribution is -0.138. The summed E-state index contributed by atoms with van der Waals surface area (Å²) in [5.41, 5.74) is 0. The van der Waals surface area contributed by atoms with E-state index in [1.165, 1.54) is 0 Å². The van der Waals surface area contributed by atoms with E-state index in [0.717, 1.165) is 6.42 Å². The van der Waals surface area contributed by atoms with Crippen LogP contribution in [0.15, 0.2) is 0 Å². The zero-order valence-electron chi connectivity index (χ0n) is 9.11. The van der Waals surface area contributed by atoms with Crippen molar-refractivity contribution in [1.82, 2.24) is 10.2 Å². The van der Waals surface area contributed by atoms with Crippen molar-refractivity contribution in [3.63, 3.8) is 0 Å². The second-order valence-electron chi connectivity index (χ2n) is 4.10. The number of hydrogen-bond donors (Lipinski definition) is 1. The average molecular weight is 267 g/mol. The molecule has 1 saturated heterocycles. The second kappa shape index (κ2) is 4.41. The number of aliphatic hydroxyl groups is 1. The maximum absolute atomic E-state index is 12.4. The van der Waals surface area contributed by atoms with Gasteiger partial charge in [-0.2, -0.15) is 13.2 Å². The molecule has 2 rings (SSSR count). The van der Waals surface area contributed by atoms with Gasteiger partial charge in [-0.1, -0.05) is 18.3 Å². The van der Waals surface area contributed by atoms with E-state index in [-0.39, 0.29) is 23.7 Å². The Kier molecular flexibility index (Phi) is 3.26. The summed E-state index contributed by atoms with van der Waals surface area (Å²) in [5, 5.41) is 15.2. The van der Waals surface area contributed by atoms with Gasteiger partial charge in [0.25, 0.3) is 0 Å². The number of nitrogens with zero attached hydrogens (tertiary/aromatic N) is 3. The van der Waals surface area contributed by atoms with Crippen LogP contribution in [0.1, 0.15) is 18.4 Å². The number of alkyl halides is 3. The van der Waals surface area contributed by atoms with Crippen LogP contribution in [0.2, 0.25) is 0 Å². The summed E-state index contributed by atoms with van der Waals surface area (Å²) < 4.78 is 37.2. The molecule has 0 saturated carbocycles. The molecule has 1 fully saturated rings. The molecule has 2 unspecified atom stereocenters. The van der Waals surface area contributed by atoms with Crippen LogP contribution in [-0.2, 0) is 6.18 Å². The van der Waals surface area contributed by atoms with E-state index in [1.54, 1.807) is 4.90 Å². The normalized spacial score (nSPS) is 25.6. The Morgan fingerprint density at radius 2 is 2.18 bits per heavy atom. The number of halogens is 3. The summed E-state index contributed by atoms with van der Waals surface area (Å²) in [6.45, 7) is 2.49. The number of aromatic nitrogens is 2. The van der Waals surface area contributed by atoms with Crippen molar-refractivity contribution in [2.75, 3.05) is 18.1 Å². The SMILES string of the molecule is CC1CCN(c2nnc(C(F)(F)F)s2)C1CO. The van der Waals surface area contributed by atoms with Crippen molar-refractivity contribution in [2.24, 2.45) is 5.92 Å². The largest absolute Gasteiger partial charge is 0.445 e. The third-order valence-corrected chi connectivity index (χ3v) is 3.98. The molecule has 0 aliphatic carbocycles. The van der Waals surface area contributed by atoms with Crippen LogP contribution in [0, 0.1) is 5.92 Å². The summed E-state index contributed by atoms with van der Waals surface area (Å²) in [5.74, 6) is 0.248. The van der Waals surface area contributed by atoms with E-state index in [0.29, 0.717) is 17.9 Å². The van der Waals surface area contributed by atoms with Crippen molar-refractivity contribution in [3.05, 3.63) is 5.01 Å². The van der Waals surface area contributed by atoms with E-state index >= 15 is 0 Å². The molecule has 17 heavy (non-hydrogen) atoms. The summed E-state index contributed by atoms with van der Waals surface area (Å²) in [7, 11) is 0. The van der Waals surface area contributed by atoms with Crippen molar-refractivity contribution >= 4 is 16.5 Å². The van der Waals surface area contributed by atoms with Gasteiger partial charge in [-0.25, -0.2) is 0 Å². The minimum Gasteiger partial charge on any atom is -0.394 e. The summed E-state index contributed by atoms with van der Waals surface area (Å²) in [6.07, 6.45) is -3.61. The number of aliphatic hydroxyl groups excluding tert-OH is 1. The third-order valence-electron chi connectivity index (χ3n) is 2.97. The van der Waals surface area contributed by atoms with Gasteiger partial charge in [0.2, 0.25) is 10.1 Å². The molecule has 8 heteroatoms. The quantitative estimate of drug-likeness (QED) is 0.887. The lowest BCUT2D eigenvalue weighted by atomic mass is 10.0. The Balaban J connectivity index is 2.21. The highest BCUT2D eigenvalue weighted by Crippen LogP contribution is 2.37. The molecule has 1 aliphatic rings. The molecule has 4 nitrogen and oxygen atoms in total. The van der Waals surface area contributed by atoms with Crippen molar-refractivity contribution in [3.8, 4) is 0 Å². The minimum absolute atomic E-state index is 0.0813. The van der Waals surface area contributed by atoms with Crippen LogP contribution in [-0.4, -0.2) is 34.5 Å². The molecule has 0 aromatic carbocycles. The molecule has 2 atom stereocenters. The molecule has 0 radical (unpaired) electrons. The molecule has 1 aliphatic heterocycles. The molecular weight excluding hydrogens is 255 g/mol. The van der Waals surface area contributed by atoms with Gasteiger partial charge >= 0.3 is 6.18 Å². The molecule has 1 aromatic rings. The van der Waals surface area contributed by atoms with Crippen LogP contribution in [0.3, 0.4) is 0 Å². The highest BCUT2D eigenvalue weighted by Gasteiger charge is 2.38. The molecule has 1 N–H and O–H groups in total. The smallest absolute Gasteiger partial charge is 0.394 e.